The summed E-state index contributed by atoms with van der Waals surface area (Å²) in [6, 6.07) is 0. The fraction of sp³-hybridized carbons (Fsp3) is 1.00. The Balaban J connectivity index is 2.26. The number of rotatable bonds is 6. The van der Waals surface area contributed by atoms with Crippen LogP contribution in [-0.4, -0.2) is 39.5 Å². The molecule has 0 aromatic heterocycles. The summed E-state index contributed by atoms with van der Waals surface area (Å²) in [4.78, 5) is 0. The Labute approximate surface area is 99.9 Å². The van der Waals surface area contributed by atoms with Crippen LogP contribution in [0.15, 0.2) is 0 Å². The standard InChI is InChI=1S/C13H27NO2/c1-13(2,9-14-3)10-16-12-7-5-6-11(8-12)15-4/h11-12,14H,5-10H2,1-4H3. The quantitative estimate of drug-likeness (QED) is 0.757. The Morgan fingerprint density at radius 2 is 1.94 bits per heavy atom. The molecule has 0 bridgehead atoms. The van der Waals surface area contributed by atoms with E-state index in [4.69, 9.17) is 9.47 Å². The normalized spacial score (nSPS) is 27.0. The first kappa shape index (κ1) is 13.9. The van der Waals surface area contributed by atoms with Gasteiger partial charge in [-0.2, -0.15) is 0 Å². The molecule has 0 aromatic carbocycles. The molecule has 1 saturated carbocycles. The molecular weight excluding hydrogens is 202 g/mol. The van der Waals surface area contributed by atoms with Gasteiger partial charge in [-0.3, -0.25) is 0 Å². The highest BCUT2D eigenvalue weighted by Crippen LogP contribution is 2.25. The lowest BCUT2D eigenvalue weighted by molar-refractivity contribution is -0.0522. The Hall–Kier alpha value is -0.120. The van der Waals surface area contributed by atoms with Crippen molar-refractivity contribution < 1.29 is 9.47 Å². The van der Waals surface area contributed by atoms with Crippen LogP contribution >= 0.6 is 0 Å². The van der Waals surface area contributed by atoms with Crippen molar-refractivity contribution in [2.75, 3.05) is 27.3 Å². The number of nitrogens with one attached hydrogen (secondary N) is 1. The highest BCUT2D eigenvalue weighted by Gasteiger charge is 2.25. The van der Waals surface area contributed by atoms with Crippen LogP contribution in [0.2, 0.25) is 0 Å². The van der Waals surface area contributed by atoms with Gasteiger partial charge in [0.15, 0.2) is 0 Å². The first-order valence-electron chi connectivity index (χ1n) is 6.36. The van der Waals surface area contributed by atoms with E-state index in [1.165, 1.54) is 19.3 Å². The van der Waals surface area contributed by atoms with Gasteiger partial charge in [-0.25, -0.2) is 0 Å². The van der Waals surface area contributed by atoms with Crippen molar-refractivity contribution in [3.63, 3.8) is 0 Å². The Morgan fingerprint density at radius 3 is 2.56 bits per heavy atom. The SMILES string of the molecule is CNCC(C)(C)COC1CCCC(OC)C1. The number of methoxy groups -OCH3 is 1. The van der Waals surface area contributed by atoms with Gasteiger partial charge in [0.2, 0.25) is 0 Å². The van der Waals surface area contributed by atoms with Gasteiger partial charge in [0.05, 0.1) is 18.8 Å². The van der Waals surface area contributed by atoms with Gasteiger partial charge in [0, 0.05) is 19.1 Å². The largest absolute Gasteiger partial charge is 0.381 e. The molecule has 2 unspecified atom stereocenters. The summed E-state index contributed by atoms with van der Waals surface area (Å²) in [6.45, 7) is 6.29. The molecule has 0 saturated heterocycles. The van der Waals surface area contributed by atoms with E-state index in [1.807, 2.05) is 7.05 Å². The van der Waals surface area contributed by atoms with E-state index in [0.29, 0.717) is 12.2 Å². The Kier molecular flexibility index (Phi) is 5.73. The van der Waals surface area contributed by atoms with Crippen molar-refractivity contribution >= 4 is 0 Å². The molecule has 0 amide bonds. The lowest BCUT2D eigenvalue weighted by Gasteiger charge is -2.32. The van der Waals surface area contributed by atoms with E-state index < -0.39 is 0 Å². The zero-order chi connectivity index (χ0) is 12.0. The minimum atomic E-state index is 0.217. The van der Waals surface area contributed by atoms with E-state index in [2.05, 4.69) is 19.2 Å². The van der Waals surface area contributed by atoms with Crippen LogP contribution in [0.1, 0.15) is 39.5 Å². The molecule has 3 nitrogen and oxygen atoms in total. The van der Waals surface area contributed by atoms with Gasteiger partial charge >= 0.3 is 0 Å². The van der Waals surface area contributed by atoms with Crippen LogP contribution in [0.25, 0.3) is 0 Å². The fourth-order valence-corrected chi connectivity index (χ4v) is 2.34. The minimum Gasteiger partial charge on any atom is -0.381 e. The van der Waals surface area contributed by atoms with Crippen LogP contribution in [0.4, 0.5) is 0 Å². The molecule has 1 N–H and O–H groups in total. The van der Waals surface area contributed by atoms with Crippen molar-refractivity contribution in [2.24, 2.45) is 5.41 Å². The van der Waals surface area contributed by atoms with Crippen molar-refractivity contribution in [3.8, 4) is 0 Å². The third kappa shape index (κ3) is 4.81. The number of ether oxygens (including phenoxy) is 2. The summed E-state index contributed by atoms with van der Waals surface area (Å²) < 4.78 is 11.4. The molecule has 96 valence electrons. The molecule has 0 aromatic rings. The van der Waals surface area contributed by atoms with Crippen molar-refractivity contribution in [3.05, 3.63) is 0 Å². The summed E-state index contributed by atoms with van der Waals surface area (Å²) >= 11 is 0. The number of hydrogen-bond acceptors (Lipinski definition) is 3. The van der Waals surface area contributed by atoms with Crippen LogP contribution in [0.5, 0.6) is 0 Å². The minimum absolute atomic E-state index is 0.217. The molecule has 0 spiro atoms. The molecule has 16 heavy (non-hydrogen) atoms. The summed E-state index contributed by atoms with van der Waals surface area (Å²) in [5, 5.41) is 3.21. The molecule has 0 heterocycles. The van der Waals surface area contributed by atoms with Crippen LogP contribution < -0.4 is 5.32 Å². The second-order valence-electron chi connectivity index (χ2n) is 5.65. The monoisotopic (exact) mass is 229 g/mol. The molecule has 0 aliphatic heterocycles. The molecule has 3 heteroatoms. The van der Waals surface area contributed by atoms with Crippen LogP contribution in [0, 0.1) is 5.41 Å². The van der Waals surface area contributed by atoms with Crippen molar-refractivity contribution in [1.29, 1.82) is 0 Å². The molecule has 1 aliphatic carbocycles. The van der Waals surface area contributed by atoms with Crippen molar-refractivity contribution in [1.82, 2.24) is 5.32 Å². The van der Waals surface area contributed by atoms with Crippen LogP contribution in [0.3, 0.4) is 0 Å². The topological polar surface area (TPSA) is 30.5 Å². The maximum absolute atomic E-state index is 6.01. The first-order chi connectivity index (χ1) is 7.57. The van der Waals surface area contributed by atoms with Gasteiger partial charge < -0.3 is 14.8 Å². The van der Waals surface area contributed by atoms with Gasteiger partial charge in [-0.15, -0.1) is 0 Å². The Bertz CT molecular complexity index is 194. The smallest absolute Gasteiger partial charge is 0.0600 e. The highest BCUT2D eigenvalue weighted by atomic mass is 16.5. The van der Waals surface area contributed by atoms with E-state index in [-0.39, 0.29) is 5.41 Å². The molecule has 0 radical (unpaired) electrons. The second-order valence-corrected chi connectivity index (χ2v) is 5.65. The van der Waals surface area contributed by atoms with E-state index in [9.17, 15) is 0 Å². The average molecular weight is 229 g/mol. The summed E-state index contributed by atoms with van der Waals surface area (Å²) in [7, 11) is 3.79. The summed E-state index contributed by atoms with van der Waals surface area (Å²) in [5.74, 6) is 0. The zero-order valence-corrected chi connectivity index (χ0v) is 11.2. The maximum Gasteiger partial charge on any atom is 0.0600 e. The molecule has 1 fully saturated rings. The van der Waals surface area contributed by atoms with Gasteiger partial charge in [0.1, 0.15) is 0 Å². The Morgan fingerprint density at radius 1 is 1.25 bits per heavy atom. The van der Waals surface area contributed by atoms with Crippen LogP contribution in [-0.2, 0) is 9.47 Å². The molecule has 2 atom stereocenters. The lowest BCUT2D eigenvalue weighted by Crippen LogP contribution is -2.35. The average Bonchev–Trinajstić information content (AvgIpc) is 2.27. The van der Waals surface area contributed by atoms with Gasteiger partial charge in [-0.05, 0) is 32.7 Å². The third-order valence-corrected chi connectivity index (χ3v) is 3.28. The van der Waals surface area contributed by atoms with E-state index in [0.717, 1.165) is 19.6 Å². The zero-order valence-electron chi connectivity index (χ0n) is 11.2. The second kappa shape index (κ2) is 6.58. The molecule has 1 rings (SSSR count). The predicted molar refractivity (Wildman–Crippen MR) is 66.7 cm³/mol. The predicted octanol–water partition coefficient (Wildman–Crippen LogP) is 2.21. The molecule has 1 aliphatic rings. The maximum atomic E-state index is 6.01. The van der Waals surface area contributed by atoms with E-state index >= 15 is 0 Å². The first-order valence-corrected chi connectivity index (χ1v) is 6.36. The summed E-state index contributed by atoms with van der Waals surface area (Å²) in [5.41, 5.74) is 0.217. The fourth-order valence-electron chi connectivity index (χ4n) is 2.34. The van der Waals surface area contributed by atoms with E-state index in [1.54, 1.807) is 7.11 Å². The summed E-state index contributed by atoms with van der Waals surface area (Å²) in [6.07, 6.45) is 5.48. The van der Waals surface area contributed by atoms with Crippen molar-refractivity contribution in [2.45, 2.75) is 51.7 Å². The van der Waals surface area contributed by atoms with Gasteiger partial charge in [-0.1, -0.05) is 13.8 Å². The number of hydrogen-bond donors (Lipinski definition) is 1. The van der Waals surface area contributed by atoms with Gasteiger partial charge in [0.25, 0.3) is 0 Å². The molecular formula is C13H27NO2. The highest BCUT2D eigenvalue weighted by molar-refractivity contribution is 4.76. The lowest BCUT2D eigenvalue weighted by atomic mass is 9.92. The third-order valence-electron chi connectivity index (χ3n) is 3.28.